The summed E-state index contributed by atoms with van der Waals surface area (Å²) in [4.78, 5) is 17.2. The number of benzene rings is 2. The van der Waals surface area contributed by atoms with Crippen LogP contribution in [0.4, 0.5) is 10.5 Å². The standard InChI is InChI=1S/C30H34N4O3/c1-4-36-24-15-16-25-26(17-24)34(23-9-6-10-23)28(27(25)29-31-18(2)19(3)37-29)20-11-13-22(14-12-20)33-30(35)32-21-7-5-8-21/h11-17,21,23H,4-10H2,1-3H3,(H2,32,33,35). The zero-order valence-electron chi connectivity index (χ0n) is 21.8. The number of aryl methyl sites for hydroxylation is 2. The molecule has 2 aliphatic rings. The van der Waals surface area contributed by atoms with Gasteiger partial charge in [-0.3, -0.25) is 0 Å². The van der Waals surface area contributed by atoms with Crippen molar-refractivity contribution in [3.8, 4) is 28.5 Å². The minimum atomic E-state index is -0.143. The third-order valence-corrected chi connectivity index (χ3v) is 7.83. The molecule has 0 saturated heterocycles. The maximum absolute atomic E-state index is 12.4. The third kappa shape index (κ3) is 4.37. The van der Waals surface area contributed by atoms with Gasteiger partial charge < -0.3 is 24.4 Å². The normalized spacial score (nSPS) is 15.9. The summed E-state index contributed by atoms with van der Waals surface area (Å²) in [6.07, 6.45) is 6.81. The van der Waals surface area contributed by atoms with E-state index in [9.17, 15) is 4.79 Å². The van der Waals surface area contributed by atoms with E-state index >= 15 is 0 Å². The number of anilines is 1. The lowest BCUT2D eigenvalue weighted by atomic mass is 9.92. The zero-order valence-corrected chi connectivity index (χ0v) is 21.8. The van der Waals surface area contributed by atoms with E-state index in [-0.39, 0.29) is 6.03 Å². The second kappa shape index (κ2) is 9.61. The van der Waals surface area contributed by atoms with E-state index in [2.05, 4.69) is 39.5 Å². The monoisotopic (exact) mass is 498 g/mol. The van der Waals surface area contributed by atoms with Gasteiger partial charge in [-0.15, -0.1) is 0 Å². The first-order valence-electron chi connectivity index (χ1n) is 13.4. The summed E-state index contributed by atoms with van der Waals surface area (Å²) < 4.78 is 14.5. The Balaban J connectivity index is 1.46. The molecule has 4 aromatic rings. The van der Waals surface area contributed by atoms with Gasteiger partial charge in [-0.2, -0.15) is 0 Å². The molecule has 2 aliphatic carbocycles. The van der Waals surface area contributed by atoms with E-state index in [0.717, 1.165) is 76.3 Å². The SMILES string of the molecule is CCOc1ccc2c(-c3nc(C)c(C)o3)c(-c3ccc(NC(=O)NC4CCC4)cc3)n(C3CCC3)c2c1. The van der Waals surface area contributed by atoms with E-state index in [4.69, 9.17) is 14.1 Å². The Bertz CT molecular complexity index is 1420. The first-order valence-corrected chi connectivity index (χ1v) is 13.4. The molecule has 0 aliphatic heterocycles. The molecule has 0 radical (unpaired) electrons. The molecule has 0 unspecified atom stereocenters. The van der Waals surface area contributed by atoms with E-state index in [1.54, 1.807) is 0 Å². The largest absolute Gasteiger partial charge is 0.494 e. The smallest absolute Gasteiger partial charge is 0.319 e. The van der Waals surface area contributed by atoms with Gasteiger partial charge in [0.25, 0.3) is 0 Å². The highest BCUT2D eigenvalue weighted by Crippen LogP contribution is 2.47. The molecule has 6 rings (SSSR count). The fourth-order valence-corrected chi connectivity index (χ4v) is 5.27. The zero-order chi connectivity index (χ0) is 25.5. The molecule has 2 N–H and O–H groups in total. The van der Waals surface area contributed by atoms with Crippen LogP contribution in [0.25, 0.3) is 33.6 Å². The Morgan fingerprint density at radius 1 is 1.08 bits per heavy atom. The molecule has 0 atom stereocenters. The van der Waals surface area contributed by atoms with Crippen LogP contribution in [0.5, 0.6) is 5.75 Å². The molecule has 37 heavy (non-hydrogen) atoms. The van der Waals surface area contributed by atoms with Crippen LogP contribution in [-0.4, -0.2) is 28.2 Å². The molecule has 2 saturated carbocycles. The number of hydrogen-bond donors (Lipinski definition) is 2. The van der Waals surface area contributed by atoms with Crippen LogP contribution in [0, 0.1) is 13.8 Å². The van der Waals surface area contributed by atoms with Crippen molar-refractivity contribution in [2.45, 2.75) is 71.4 Å². The summed E-state index contributed by atoms with van der Waals surface area (Å²) >= 11 is 0. The average molecular weight is 499 g/mol. The summed E-state index contributed by atoms with van der Waals surface area (Å²) in [6, 6.07) is 15.0. The van der Waals surface area contributed by atoms with Crippen molar-refractivity contribution < 1.29 is 13.9 Å². The molecule has 7 nitrogen and oxygen atoms in total. The number of amides is 2. The summed E-state index contributed by atoms with van der Waals surface area (Å²) in [7, 11) is 0. The van der Waals surface area contributed by atoms with Crippen molar-refractivity contribution in [1.82, 2.24) is 14.9 Å². The second-order valence-electron chi connectivity index (χ2n) is 10.3. The van der Waals surface area contributed by atoms with Gasteiger partial charge in [-0.05, 0) is 89.1 Å². The molecule has 7 heteroatoms. The maximum atomic E-state index is 12.4. The summed E-state index contributed by atoms with van der Waals surface area (Å²) in [5.74, 6) is 2.33. The van der Waals surface area contributed by atoms with Gasteiger partial charge >= 0.3 is 6.03 Å². The minimum absolute atomic E-state index is 0.143. The fourth-order valence-electron chi connectivity index (χ4n) is 5.27. The van der Waals surface area contributed by atoms with Crippen molar-refractivity contribution in [3.05, 3.63) is 53.9 Å². The Labute approximate surface area is 217 Å². The van der Waals surface area contributed by atoms with Crippen molar-refractivity contribution in [2.24, 2.45) is 0 Å². The summed E-state index contributed by atoms with van der Waals surface area (Å²) in [6.45, 7) is 6.57. The quantitative estimate of drug-likeness (QED) is 0.279. The van der Waals surface area contributed by atoms with Crippen molar-refractivity contribution >= 4 is 22.6 Å². The Kier molecular flexibility index (Phi) is 6.14. The van der Waals surface area contributed by atoms with Gasteiger partial charge in [-0.1, -0.05) is 12.1 Å². The predicted octanol–water partition coefficient (Wildman–Crippen LogP) is 7.38. The maximum Gasteiger partial charge on any atom is 0.319 e. The molecule has 2 amide bonds. The number of ether oxygens (including phenoxy) is 1. The van der Waals surface area contributed by atoms with Gasteiger partial charge in [-0.25, -0.2) is 9.78 Å². The highest BCUT2D eigenvalue weighted by Gasteiger charge is 2.30. The number of nitrogens with one attached hydrogen (secondary N) is 2. The predicted molar refractivity (Wildman–Crippen MR) is 146 cm³/mol. The van der Waals surface area contributed by atoms with Gasteiger partial charge in [0.2, 0.25) is 5.89 Å². The highest BCUT2D eigenvalue weighted by molar-refractivity contribution is 6.03. The number of oxazole rings is 1. The van der Waals surface area contributed by atoms with Gasteiger partial charge in [0.1, 0.15) is 11.5 Å². The number of rotatable bonds is 7. The number of carbonyl (C=O) groups excluding carboxylic acids is 1. The Morgan fingerprint density at radius 3 is 2.43 bits per heavy atom. The van der Waals surface area contributed by atoms with Crippen molar-refractivity contribution in [1.29, 1.82) is 0 Å². The topological polar surface area (TPSA) is 81.3 Å². The van der Waals surface area contributed by atoms with Gasteiger partial charge in [0, 0.05) is 29.2 Å². The molecule has 192 valence electrons. The van der Waals surface area contributed by atoms with E-state index in [1.165, 1.54) is 12.8 Å². The summed E-state index contributed by atoms with van der Waals surface area (Å²) in [5, 5.41) is 7.12. The Hall–Kier alpha value is -3.74. The first-order chi connectivity index (χ1) is 18.0. The lowest BCUT2D eigenvalue weighted by molar-refractivity contribution is 0.240. The first kappa shape index (κ1) is 23.6. The molecule has 2 aromatic heterocycles. The number of hydrogen-bond acceptors (Lipinski definition) is 4. The number of nitrogens with zero attached hydrogens (tertiary/aromatic N) is 2. The molecule has 2 heterocycles. The Morgan fingerprint density at radius 2 is 1.84 bits per heavy atom. The number of aromatic nitrogens is 2. The molecule has 0 spiro atoms. The van der Waals surface area contributed by atoms with Crippen LogP contribution in [0.3, 0.4) is 0 Å². The van der Waals surface area contributed by atoms with Crippen LogP contribution in [0.2, 0.25) is 0 Å². The van der Waals surface area contributed by atoms with E-state index in [1.807, 2.05) is 39.0 Å². The molecule has 2 aromatic carbocycles. The molecule has 2 fully saturated rings. The van der Waals surface area contributed by atoms with Crippen molar-refractivity contribution in [2.75, 3.05) is 11.9 Å². The van der Waals surface area contributed by atoms with Crippen LogP contribution >= 0.6 is 0 Å². The van der Waals surface area contributed by atoms with E-state index in [0.29, 0.717) is 24.6 Å². The summed E-state index contributed by atoms with van der Waals surface area (Å²) in [5.41, 5.74) is 5.97. The van der Waals surface area contributed by atoms with Gasteiger partial charge in [0.15, 0.2) is 0 Å². The number of carbonyl (C=O) groups is 1. The number of fused-ring (bicyclic) bond motifs is 1. The van der Waals surface area contributed by atoms with Crippen molar-refractivity contribution in [3.63, 3.8) is 0 Å². The van der Waals surface area contributed by atoms with E-state index < -0.39 is 0 Å². The molecular weight excluding hydrogens is 464 g/mol. The lowest BCUT2D eigenvalue weighted by Gasteiger charge is -2.30. The van der Waals surface area contributed by atoms with Crippen LogP contribution in [0.15, 0.2) is 46.9 Å². The molecular formula is C30H34N4O3. The van der Waals surface area contributed by atoms with Crippen LogP contribution < -0.4 is 15.4 Å². The van der Waals surface area contributed by atoms with Crippen LogP contribution in [-0.2, 0) is 0 Å². The second-order valence-corrected chi connectivity index (χ2v) is 10.3. The van der Waals surface area contributed by atoms with Crippen LogP contribution in [0.1, 0.15) is 62.9 Å². The van der Waals surface area contributed by atoms with Gasteiger partial charge in [0.05, 0.1) is 29.1 Å². The average Bonchev–Trinajstić information content (AvgIpc) is 3.32. The fraction of sp³-hybridized carbons (Fsp3) is 0.400. The lowest BCUT2D eigenvalue weighted by Crippen LogP contribution is -2.41. The third-order valence-electron chi connectivity index (χ3n) is 7.83. The minimum Gasteiger partial charge on any atom is -0.494 e. The number of urea groups is 1. The highest BCUT2D eigenvalue weighted by atomic mass is 16.5. The molecule has 0 bridgehead atoms.